The van der Waals surface area contributed by atoms with Gasteiger partial charge in [-0.05, 0) is 123 Å². The minimum atomic E-state index is -0.196. The van der Waals surface area contributed by atoms with Gasteiger partial charge in [0.2, 0.25) is 0 Å². The van der Waals surface area contributed by atoms with E-state index in [-0.39, 0.29) is 5.82 Å². The lowest BCUT2D eigenvalue weighted by Crippen LogP contribution is -1.94. The topological polar surface area (TPSA) is 0 Å². The van der Waals surface area contributed by atoms with Crippen molar-refractivity contribution in [1.82, 2.24) is 0 Å². The van der Waals surface area contributed by atoms with E-state index in [0.717, 1.165) is 16.7 Å². The molecule has 0 N–H and O–H groups in total. The van der Waals surface area contributed by atoms with Crippen molar-refractivity contribution in [1.29, 1.82) is 0 Å². The van der Waals surface area contributed by atoms with Crippen molar-refractivity contribution in [3.63, 3.8) is 0 Å². The van der Waals surface area contributed by atoms with Crippen molar-refractivity contribution in [2.24, 2.45) is 0 Å². The first kappa shape index (κ1) is 23.1. The van der Waals surface area contributed by atoms with E-state index in [1.165, 1.54) is 82.4 Å². The second-order valence-corrected chi connectivity index (χ2v) is 11.7. The van der Waals surface area contributed by atoms with Gasteiger partial charge in [0, 0.05) is 0 Å². The van der Waals surface area contributed by atoms with Crippen LogP contribution in [0.1, 0.15) is 0 Å². The Morgan fingerprint density at radius 2 is 0.767 bits per heavy atom. The van der Waals surface area contributed by atoms with Gasteiger partial charge in [-0.2, -0.15) is 0 Å². The molecule has 0 spiro atoms. The molecule has 0 radical (unpaired) electrons. The summed E-state index contributed by atoms with van der Waals surface area (Å²) in [7, 11) is 0. The fourth-order valence-electron chi connectivity index (χ4n) is 7.86. The predicted molar refractivity (Wildman–Crippen MR) is 179 cm³/mol. The Morgan fingerprint density at radius 1 is 0.326 bits per heavy atom. The second kappa shape index (κ2) is 8.27. The monoisotopic (exact) mass is 546 g/mol. The zero-order chi connectivity index (χ0) is 28.2. The molecule has 0 unspecified atom stereocenters. The Bertz CT molecular complexity index is 2380. The molecule has 8 aromatic rings. The first-order valence-corrected chi connectivity index (χ1v) is 14.8. The van der Waals surface area contributed by atoms with Gasteiger partial charge < -0.3 is 0 Å². The Balaban J connectivity index is 1.45. The molecular formula is C42H23F. The van der Waals surface area contributed by atoms with E-state index in [2.05, 4.69) is 121 Å². The van der Waals surface area contributed by atoms with E-state index in [1.807, 2.05) is 6.07 Å². The lowest BCUT2D eigenvalue weighted by Gasteiger charge is -2.21. The number of benzene rings is 8. The van der Waals surface area contributed by atoms with E-state index >= 15 is 0 Å². The third-order valence-electron chi connectivity index (χ3n) is 9.56. The molecule has 0 atom stereocenters. The van der Waals surface area contributed by atoms with Crippen molar-refractivity contribution >= 4 is 32.3 Å². The van der Waals surface area contributed by atoms with E-state index in [0.29, 0.717) is 0 Å². The molecule has 0 amide bonds. The van der Waals surface area contributed by atoms with Crippen molar-refractivity contribution < 1.29 is 4.39 Å². The van der Waals surface area contributed by atoms with E-state index in [4.69, 9.17) is 0 Å². The third kappa shape index (κ3) is 2.99. The summed E-state index contributed by atoms with van der Waals surface area (Å²) in [6.45, 7) is 0. The van der Waals surface area contributed by atoms with Crippen LogP contribution in [0.5, 0.6) is 0 Å². The molecule has 198 valence electrons. The average molecular weight is 547 g/mol. The van der Waals surface area contributed by atoms with Crippen LogP contribution in [-0.4, -0.2) is 0 Å². The van der Waals surface area contributed by atoms with Crippen LogP contribution in [0.3, 0.4) is 0 Å². The molecular weight excluding hydrogens is 523 g/mol. The molecule has 8 aromatic carbocycles. The number of halogens is 1. The highest BCUT2D eigenvalue weighted by Crippen LogP contribution is 2.61. The molecule has 0 aromatic heterocycles. The molecule has 2 aliphatic rings. The lowest BCUT2D eigenvalue weighted by atomic mass is 9.82. The normalized spacial score (nSPS) is 12.3. The Hall–Kier alpha value is -5.53. The van der Waals surface area contributed by atoms with Crippen LogP contribution >= 0.6 is 0 Å². The molecule has 0 heterocycles. The van der Waals surface area contributed by atoms with Crippen LogP contribution in [0.25, 0.3) is 99.1 Å². The highest BCUT2D eigenvalue weighted by molar-refractivity contribution is 6.32. The van der Waals surface area contributed by atoms with Crippen LogP contribution in [-0.2, 0) is 0 Å². The quantitative estimate of drug-likeness (QED) is 0.189. The SMILES string of the molecule is Fc1ccc2c(c1)-c1ccc3c4c(ccc-2c14)-c1c-3c(-c2ccccc2)c2cc3ccccc3cc2c1-c1ccccc1. The Morgan fingerprint density at radius 3 is 1.33 bits per heavy atom. The van der Waals surface area contributed by atoms with Gasteiger partial charge in [-0.25, -0.2) is 4.39 Å². The number of hydrogen-bond acceptors (Lipinski definition) is 0. The van der Waals surface area contributed by atoms with Gasteiger partial charge >= 0.3 is 0 Å². The third-order valence-corrected chi connectivity index (χ3v) is 9.56. The zero-order valence-corrected chi connectivity index (χ0v) is 23.2. The Labute approximate surface area is 248 Å². The van der Waals surface area contributed by atoms with E-state index in [1.54, 1.807) is 12.1 Å². The molecule has 0 saturated carbocycles. The van der Waals surface area contributed by atoms with Crippen molar-refractivity contribution in [3.8, 4) is 66.8 Å². The molecule has 0 saturated heterocycles. The molecule has 0 bridgehead atoms. The molecule has 0 nitrogen and oxygen atoms in total. The number of fused-ring (bicyclic) bond motifs is 8. The van der Waals surface area contributed by atoms with Crippen molar-refractivity contribution in [2.45, 2.75) is 0 Å². The minimum absolute atomic E-state index is 0.196. The molecule has 0 aliphatic heterocycles. The summed E-state index contributed by atoms with van der Waals surface area (Å²) < 4.78 is 14.5. The Kier molecular flexibility index (Phi) is 4.44. The fraction of sp³-hybridized carbons (Fsp3) is 0. The standard InChI is InChI=1S/C42H23F/c43-28-15-16-29-30-17-19-32-40-33(20-18-31(39(30)40)34(29)23-28)42-38(25-11-5-2-6-12-25)36-22-27-14-8-7-13-26(27)21-35(36)37(41(32)42)24-9-3-1-4-10-24/h1-23H. The second-order valence-electron chi connectivity index (χ2n) is 11.7. The number of rotatable bonds is 2. The number of hydrogen-bond donors (Lipinski definition) is 0. The molecule has 43 heavy (non-hydrogen) atoms. The highest BCUT2D eigenvalue weighted by Gasteiger charge is 2.34. The maximum Gasteiger partial charge on any atom is 0.123 e. The van der Waals surface area contributed by atoms with Gasteiger partial charge in [-0.3, -0.25) is 0 Å². The average Bonchev–Trinajstić information content (AvgIpc) is 3.55. The van der Waals surface area contributed by atoms with Crippen molar-refractivity contribution in [2.75, 3.05) is 0 Å². The van der Waals surface area contributed by atoms with Gasteiger partial charge in [0.25, 0.3) is 0 Å². The predicted octanol–water partition coefficient (Wildman–Crippen LogP) is 11.9. The first-order chi connectivity index (χ1) is 21.3. The largest absolute Gasteiger partial charge is 0.207 e. The van der Waals surface area contributed by atoms with Gasteiger partial charge in [0.15, 0.2) is 0 Å². The van der Waals surface area contributed by atoms with Gasteiger partial charge in [0.1, 0.15) is 5.82 Å². The van der Waals surface area contributed by atoms with E-state index < -0.39 is 0 Å². The van der Waals surface area contributed by atoms with Crippen LogP contribution in [0.2, 0.25) is 0 Å². The summed E-state index contributed by atoms with van der Waals surface area (Å²) in [5.41, 5.74) is 14.4. The van der Waals surface area contributed by atoms with Crippen LogP contribution in [0.15, 0.2) is 140 Å². The summed E-state index contributed by atoms with van der Waals surface area (Å²) in [6, 6.07) is 49.4. The maximum atomic E-state index is 14.5. The van der Waals surface area contributed by atoms with Crippen LogP contribution in [0, 0.1) is 5.82 Å². The molecule has 1 heteroatoms. The first-order valence-electron chi connectivity index (χ1n) is 14.8. The summed E-state index contributed by atoms with van der Waals surface area (Å²) in [5, 5.41) is 7.50. The van der Waals surface area contributed by atoms with Crippen molar-refractivity contribution in [3.05, 3.63) is 145 Å². The van der Waals surface area contributed by atoms with Gasteiger partial charge in [-0.1, -0.05) is 115 Å². The molecule has 2 aliphatic carbocycles. The molecule has 0 fully saturated rings. The summed E-state index contributed by atoms with van der Waals surface area (Å²) in [6.07, 6.45) is 0. The summed E-state index contributed by atoms with van der Waals surface area (Å²) in [4.78, 5) is 0. The van der Waals surface area contributed by atoms with Gasteiger partial charge in [-0.15, -0.1) is 0 Å². The zero-order valence-electron chi connectivity index (χ0n) is 23.2. The minimum Gasteiger partial charge on any atom is -0.207 e. The lowest BCUT2D eigenvalue weighted by molar-refractivity contribution is 0.628. The van der Waals surface area contributed by atoms with Crippen LogP contribution in [0.4, 0.5) is 4.39 Å². The smallest absolute Gasteiger partial charge is 0.123 e. The maximum absolute atomic E-state index is 14.5. The van der Waals surface area contributed by atoms with Crippen LogP contribution < -0.4 is 0 Å². The highest BCUT2D eigenvalue weighted by atomic mass is 19.1. The fourth-order valence-corrected chi connectivity index (χ4v) is 7.86. The van der Waals surface area contributed by atoms with E-state index in [9.17, 15) is 4.39 Å². The summed E-state index contributed by atoms with van der Waals surface area (Å²) in [5.74, 6) is -0.196. The molecule has 10 rings (SSSR count). The van der Waals surface area contributed by atoms with Gasteiger partial charge in [0.05, 0.1) is 0 Å². The summed E-state index contributed by atoms with van der Waals surface area (Å²) >= 11 is 0.